The van der Waals surface area contributed by atoms with Crippen LogP contribution >= 0.6 is 0 Å². The monoisotopic (exact) mass is 293 g/mol. The van der Waals surface area contributed by atoms with Crippen LogP contribution in [0.5, 0.6) is 0 Å². The van der Waals surface area contributed by atoms with E-state index < -0.39 is 5.97 Å². The van der Waals surface area contributed by atoms with E-state index in [-0.39, 0.29) is 11.3 Å². The highest BCUT2D eigenvalue weighted by Crippen LogP contribution is 2.21. The van der Waals surface area contributed by atoms with Gasteiger partial charge in [-0.3, -0.25) is 0 Å². The number of carboxylic acid groups (broad SMARTS) is 1. The number of hydrogen-bond acceptors (Lipinski definition) is 5. The van der Waals surface area contributed by atoms with E-state index in [1.807, 2.05) is 20.8 Å². The third-order valence-electron chi connectivity index (χ3n) is 2.84. The molecule has 2 heterocycles. The van der Waals surface area contributed by atoms with Crippen molar-refractivity contribution in [2.45, 2.75) is 32.9 Å². The van der Waals surface area contributed by atoms with Crippen LogP contribution in [0.4, 0.5) is 0 Å². The van der Waals surface area contributed by atoms with Crippen molar-refractivity contribution in [3.05, 3.63) is 18.2 Å². The van der Waals surface area contributed by atoms with E-state index in [2.05, 4.69) is 15.3 Å². The van der Waals surface area contributed by atoms with Gasteiger partial charge >= 0.3 is 5.97 Å². The smallest absolute Gasteiger partial charge is 0.358 e. The van der Waals surface area contributed by atoms with Crippen LogP contribution in [0.25, 0.3) is 11.4 Å². The van der Waals surface area contributed by atoms with Crippen LogP contribution in [0.3, 0.4) is 0 Å². The summed E-state index contributed by atoms with van der Waals surface area (Å²) in [7, 11) is 1.79. The molecule has 0 bridgehead atoms. The minimum atomic E-state index is -1.12. The van der Waals surface area contributed by atoms with E-state index in [9.17, 15) is 9.90 Å². The maximum Gasteiger partial charge on any atom is 0.358 e. The molecule has 2 aromatic heterocycles. The van der Waals surface area contributed by atoms with Gasteiger partial charge < -0.3 is 14.4 Å². The maximum absolute atomic E-state index is 11.3. The summed E-state index contributed by atoms with van der Waals surface area (Å²) in [6, 6.07) is 0. The second-order valence-electron chi connectivity index (χ2n) is 5.67. The van der Waals surface area contributed by atoms with E-state index in [1.54, 1.807) is 24.1 Å². The standard InChI is InChI=1S/C13H19N5O3/c1-13(2,3)21-6-5-18-11(9-7-14-8-17(9)4)10(12(19)20)15-16-18/h7-8H,5-6H2,1-4H3,(H,19,20). The Morgan fingerprint density at radius 1 is 1.43 bits per heavy atom. The lowest BCUT2D eigenvalue weighted by Gasteiger charge is -2.19. The first-order valence-electron chi connectivity index (χ1n) is 6.57. The number of imidazole rings is 1. The third kappa shape index (κ3) is 3.46. The molecule has 0 atom stereocenters. The van der Waals surface area contributed by atoms with Gasteiger partial charge in [0.05, 0.1) is 37.0 Å². The average molecular weight is 293 g/mol. The predicted octanol–water partition coefficient (Wildman–Crippen LogP) is 1.19. The molecule has 0 fully saturated rings. The highest BCUT2D eigenvalue weighted by Gasteiger charge is 2.23. The molecule has 8 nitrogen and oxygen atoms in total. The van der Waals surface area contributed by atoms with Crippen LogP contribution < -0.4 is 0 Å². The maximum atomic E-state index is 11.3. The van der Waals surface area contributed by atoms with Gasteiger partial charge in [0.2, 0.25) is 0 Å². The van der Waals surface area contributed by atoms with Crippen LogP contribution in [-0.2, 0) is 18.3 Å². The number of nitrogens with zero attached hydrogens (tertiary/aromatic N) is 5. The predicted molar refractivity (Wildman–Crippen MR) is 74.9 cm³/mol. The Bertz CT molecular complexity index is 639. The summed E-state index contributed by atoms with van der Waals surface area (Å²) in [5.41, 5.74) is 0.727. The molecule has 0 radical (unpaired) electrons. The third-order valence-corrected chi connectivity index (χ3v) is 2.84. The zero-order valence-corrected chi connectivity index (χ0v) is 12.6. The molecule has 0 spiro atoms. The largest absolute Gasteiger partial charge is 0.476 e. The van der Waals surface area contributed by atoms with Crippen LogP contribution in [0.1, 0.15) is 31.3 Å². The molecule has 0 aromatic carbocycles. The lowest BCUT2D eigenvalue weighted by Crippen LogP contribution is -2.22. The number of aromatic carboxylic acids is 1. The molecule has 8 heteroatoms. The molecule has 2 aromatic rings. The minimum absolute atomic E-state index is 0.0886. The second kappa shape index (κ2) is 5.65. The first-order valence-corrected chi connectivity index (χ1v) is 6.57. The molecule has 114 valence electrons. The first kappa shape index (κ1) is 15.2. The molecule has 0 saturated carbocycles. The van der Waals surface area contributed by atoms with Gasteiger partial charge in [-0.05, 0) is 20.8 Å². The van der Waals surface area contributed by atoms with Gasteiger partial charge in [0.1, 0.15) is 5.69 Å². The fourth-order valence-electron chi connectivity index (χ4n) is 1.89. The molecule has 0 aliphatic rings. The molecule has 21 heavy (non-hydrogen) atoms. The van der Waals surface area contributed by atoms with Gasteiger partial charge in [0.25, 0.3) is 0 Å². The fraction of sp³-hybridized carbons (Fsp3) is 0.538. The molecular weight excluding hydrogens is 274 g/mol. The van der Waals surface area contributed by atoms with Crippen molar-refractivity contribution in [3.8, 4) is 11.4 Å². The highest BCUT2D eigenvalue weighted by molar-refractivity contribution is 5.92. The van der Waals surface area contributed by atoms with Crippen LogP contribution in [0.15, 0.2) is 12.5 Å². The van der Waals surface area contributed by atoms with Crippen molar-refractivity contribution in [1.82, 2.24) is 24.5 Å². The van der Waals surface area contributed by atoms with Crippen molar-refractivity contribution >= 4 is 5.97 Å². The summed E-state index contributed by atoms with van der Waals surface area (Å²) < 4.78 is 8.91. The Morgan fingerprint density at radius 2 is 2.14 bits per heavy atom. The number of aromatic nitrogens is 5. The summed E-state index contributed by atoms with van der Waals surface area (Å²) in [5, 5.41) is 16.9. The fourth-order valence-corrected chi connectivity index (χ4v) is 1.89. The molecule has 0 unspecified atom stereocenters. The number of ether oxygens (including phenoxy) is 1. The summed E-state index contributed by atoms with van der Waals surface area (Å²) in [6.45, 7) is 6.70. The van der Waals surface area contributed by atoms with Crippen molar-refractivity contribution in [1.29, 1.82) is 0 Å². The Labute approximate surface area is 122 Å². The van der Waals surface area contributed by atoms with E-state index >= 15 is 0 Å². The van der Waals surface area contributed by atoms with E-state index in [1.165, 1.54) is 4.68 Å². The Kier molecular flexibility index (Phi) is 4.08. The zero-order valence-electron chi connectivity index (χ0n) is 12.6. The molecule has 2 rings (SSSR count). The molecule has 1 N–H and O–H groups in total. The van der Waals surface area contributed by atoms with Crippen LogP contribution in [0, 0.1) is 0 Å². The minimum Gasteiger partial charge on any atom is -0.476 e. The lowest BCUT2D eigenvalue weighted by molar-refractivity contribution is -0.00792. The van der Waals surface area contributed by atoms with Crippen LogP contribution in [0.2, 0.25) is 0 Å². The summed E-state index contributed by atoms with van der Waals surface area (Å²) in [6.07, 6.45) is 3.19. The average Bonchev–Trinajstić information content (AvgIpc) is 2.93. The van der Waals surface area contributed by atoms with E-state index in [0.29, 0.717) is 24.5 Å². The van der Waals surface area contributed by atoms with Crippen LogP contribution in [-0.4, -0.2) is 47.8 Å². The van der Waals surface area contributed by atoms with Crippen molar-refractivity contribution in [2.24, 2.45) is 7.05 Å². The van der Waals surface area contributed by atoms with Gasteiger partial charge in [-0.15, -0.1) is 5.10 Å². The Balaban J connectivity index is 2.30. The van der Waals surface area contributed by atoms with Crippen molar-refractivity contribution in [2.75, 3.05) is 6.61 Å². The van der Waals surface area contributed by atoms with Gasteiger partial charge in [-0.25, -0.2) is 14.5 Å². The number of hydrogen-bond donors (Lipinski definition) is 1. The lowest BCUT2D eigenvalue weighted by atomic mass is 10.2. The second-order valence-corrected chi connectivity index (χ2v) is 5.67. The number of rotatable bonds is 5. The van der Waals surface area contributed by atoms with Crippen molar-refractivity contribution < 1.29 is 14.6 Å². The zero-order chi connectivity index (χ0) is 15.6. The number of carbonyl (C=O) groups is 1. The first-order chi connectivity index (χ1) is 9.79. The molecule has 0 amide bonds. The van der Waals surface area contributed by atoms with Gasteiger partial charge in [0.15, 0.2) is 5.69 Å². The quantitative estimate of drug-likeness (QED) is 0.889. The van der Waals surface area contributed by atoms with Gasteiger partial charge in [-0.1, -0.05) is 5.21 Å². The highest BCUT2D eigenvalue weighted by atomic mass is 16.5. The van der Waals surface area contributed by atoms with E-state index in [0.717, 1.165) is 0 Å². The van der Waals surface area contributed by atoms with E-state index in [4.69, 9.17) is 4.74 Å². The Hall–Kier alpha value is -2.22. The number of aryl methyl sites for hydroxylation is 1. The molecule has 0 saturated heterocycles. The van der Waals surface area contributed by atoms with Gasteiger partial charge in [-0.2, -0.15) is 0 Å². The molecule has 0 aliphatic heterocycles. The normalized spacial score (nSPS) is 11.8. The molecular formula is C13H19N5O3. The topological polar surface area (TPSA) is 95.1 Å². The summed E-state index contributed by atoms with van der Waals surface area (Å²) in [5.74, 6) is -1.12. The van der Waals surface area contributed by atoms with Crippen molar-refractivity contribution in [3.63, 3.8) is 0 Å². The SMILES string of the molecule is Cn1cncc1-c1c(C(=O)O)nnn1CCOC(C)(C)C. The van der Waals surface area contributed by atoms with Gasteiger partial charge in [0, 0.05) is 7.05 Å². The summed E-state index contributed by atoms with van der Waals surface area (Å²) in [4.78, 5) is 15.3. The Morgan fingerprint density at radius 3 is 2.67 bits per heavy atom. The number of carboxylic acids is 1. The molecule has 0 aliphatic carbocycles. The summed E-state index contributed by atoms with van der Waals surface area (Å²) >= 11 is 0.